The Balaban J connectivity index is 2.80. The van der Waals surface area contributed by atoms with Gasteiger partial charge in [0, 0.05) is 25.3 Å². The number of hydrogen-bond acceptors (Lipinski definition) is 5. The summed E-state index contributed by atoms with van der Waals surface area (Å²) in [7, 11) is 0. The van der Waals surface area contributed by atoms with Crippen molar-refractivity contribution in [2.75, 3.05) is 0 Å². The van der Waals surface area contributed by atoms with Crippen molar-refractivity contribution in [3.8, 4) is 11.5 Å². The van der Waals surface area contributed by atoms with Crippen molar-refractivity contribution in [2.45, 2.75) is 86.7 Å². The van der Waals surface area contributed by atoms with Crippen LogP contribution in [-0.2, 0) is 20.7 Å². The van der Waals surface area contributed by atoms with Gasteiger partial charge in [-0.1, -0.05) is 34.9 Å². The van der Waals surface area contributed by atoms with E-state index in [4.69, 9.17) is 4.74 Å². The molecule has 1 rings (SSSR count). The average molecular weight is 469 g/mol. The van der Waals surface area contributed by atoms with Gasteiger partial charge in [-0.3, -0.25) is 9.59 Å². The summed E-state index contributed by atoms with van der Waals surface area (Å²) in [6, 6.07) is 3.08. The van der Waals surface area contributed by atoms with E-state index in [1.165, 1.54) is 13.0 Å². The third kappa shape index (κ3) is 11.2. The molecule has 1 atom stereocenters. The number of rotatable bonds is 12. The van der Waals surface area contributed by atoms with Gasteiger partial charge < -0.3 is 14.9 Å². The number of esters is 1. The molecule has 5 heteroatoms. The summed E-state index contributed by atoms with van der Waals surface area (Å²) in [4.78, 5) is 23.8. The van der Waals surface area contributed by atoms with E-state index in [0.717, 1.165) is 35.1 Å². The van der Waals surface area contributed by atoms with E-state index >= 15 is 0 Å². The quantitative estimate of drug-likeness (QED) is 0.152. The minimum atomic E-state index is -0.391. The first kappa shape index (κ1) is 29.0. The predicted octanol–water partition coefficient (Wildman–Crippen LogP) is 6.82. The van der Waals surface area contributed by atoms with E-state index in [0.29, 0.717) is 30.4 Å². The second-order valence-electron chi connectivity index (χ2n) is 9.22. The Morgan fingerprint density at radius 2 is 1.65 bits per heavy atom. The van der Waals surface area contributed by atoms with Crippen LogP contribution in [-0.4, -0.2) is 28.1 Å². The van der Waals surface area contributed by atoms with Gasteiger partial charge in [0.2, 0.25) is 0 Å². The maximum atomic E-state index is 12.1. The van der Waals surface area contributed by atoms with Crippen molar-refractivity contribution >= 4 is 11.8 Å². The maximum absolute atomic E-state index is 12.1. The summed E-state index contributed by atoms with van der Waals surface area (Å²) in [5.74, 6) is 0.0884. The highest BCUT2D eigenvalue weighted by Crippen LogP contribution is 2.28. The molecule has 0 heterocycles. The van der Waals surface area contributed by atoms with Crippen LogP contribution < -0.4 is 0 Å². The molecule has 0 aliphatic heterocycles. The van der Waals surface area contributed by atoms with E-state index in [9.17, 15) is 19.8 Å². The molecular weight excluding hydrogens is 428 g/mol. The number of benzene rings is 1. The highest BCUT2D eigenvalue weighted by molar-refractivity contribution is 5.95. The SMILES string of the molecule is CC(=O)OC(C=C(C)CCC=C(C)C(=O)CC=C(C)C)CC(C)=CCc1cc(O)cc(C)c1O. The van der Waals surface area contributed by atoms with Crippen molar-refractivity contribution in [1.82, 2.24) is 0 Å². The van der Waals surface area contributed by atoms with Crippen molar-refractivity contribution in [3.63, 3.8) is 0 Å². The second-order valence-corrected chi connectivity index (χ2v) is 9.22. The molecule has 0 radical (unpaired) electrons. The first-order valence-electron chi connectivity index (χ1n) is 11.7. The molecule has 186 valence electrons. The summed E-state index contributed by atoms with van der Waals surface area (Å²) in [6.07, 6.45) is 10.4. The highest BCUT2D eigenvalue weighted by Gasteiger charge is 2.12. The molecule has 0 bridgehead atoms. The number of carbonyl (C=O) groups is 2. The minimum Gasteiger partial charge on any atom is -0.508 e. The smallest absolute Gasteiger partial charge is 0.303 e. The van der Waals surface area contributed by atoms with E-state index in [-0.39, 0.29) is 23.3 Å². The predicted molar refractivity (Wildman–Crippen MR) is 138 cm³/mol. The number of ketones is 1. The summed E-state index contributed by atoms with van der Waals surface area (Å²) in [5.41, 5.74) is 5.27. The molecular formula is C29H40O5. The fraction of sp³-hybridized carbons (Fsp3) is 0.448. The lowest BCUT2D eigenvalue weighted by atomic mass is 10.0. The molecule has 5 nitrogen and oxygen atoms in total. The maximum Gasteiger partial charge on any atom is 0.303 e. The molecule has 0 aliphatic rings. The monoisotopic (exact) mass is 468 g/mol. The van der Waals surface area contributed by atoms with E-state index in [1.54, 1.807) is 13.0 Å². The molecule has 1 aromatic rings. The molecule has 2 N–H and O–H groups in total. The molecule has 0 spiro atoms. The van der Waals surface area contributed by atoms with Gasteiger partial charge in [-0.25, -0.2) is 0 Å². The van der Waals surface area contributed by atoms with Gasteiger partial charge in [0.25, 0.3) is 0 Å². The Bertz CT molecular complexity index is 988. The Labute approximate surface area is 204 Å². The third-order valence-electron chi connectivity index (χ3n) is 5.47. The van der Waals surface area contributed by atoms with Gasteiger partial charge in [-0.15, -0.1) is 0 Å². The van der Waals surface area contributed by atoms with Crippen molar-refractivity contribution in [2.24, 2.45) is 0 Å². The topological polar surface area (TPSA) is 83.8 Å². The van der Waals surface area contributed by atoms with Crippen LogP contribution in [0.25, 0.3) is 0 Å². The molecule has 34 heavy (non-hydrogen) atoms. The minimum absolute atomic E-state index is 0.121. The molecule has 0 amide bonds. The Hall–Kier alpha value is -3.08. The van der Waals surface area contributed by atoms with Crippen LogP contribution in [0, 0.1) is 6.92 Å². The number of hydrogen-bond donors (Lipinski definition) is 2. The zero-order valence-corrected chi connectivity index (χ0v) is 21.7. The molecule has 1 unspecified atom stereocenters. The fourth-order valence-corrected chi connectivity index (χ4v) is 3.51. The normalized spacial score (nSPS) is 13.4. The molecule has 0 aliphatic carbocycles. The Kier molecular flexibility index (Phi) is 12.1. The number of Topliss-reactive ketones (excluding diaryl/α,β-unsaturated/α-hetero) is 1. The van der Waals surface area contributed by atoms with Gasteiger partial charge in [0.1, 0.15) is 17.6 Å². The number of ether oxygens (including phenoxy) is 1. The summed E-state index contributed by atoms with van der Waals surface area (Å²) < 4.78 is 5.50. The highest BCUT2D eigenvalue weighted by atomic mass is 16.5. The van der Waals surface area contributed by atoms with E-state index < -0.39 is 6.10 Å². The molecule has 0 saturated carbocycles. The Morgan fingerprint density at radius 1 is 0.971 bits per heavy atom. The average Bonchev–Trinajstić information content (AvgIpc) is 2.72. The van der Waals surface area contributed by atoms with Crippen LogP contribution in [0.2, 0.25) is 0 Å². The van der Waals surface area contributed by atoms with Gasteiger partial charge in [0.15, 0.2) is 5.78 Å². The zero-order chi connectivity index (χ0) is 25.8. The van der Waals surface area contributed by atoms with Gasteiger partial charge in [-0.05, 0) is 90.2 Å². The zero-order valence-electron chi connectivity index (χ0n) is 21.7. The fourth-order valence-electron chi connectivity index (χ4n) is 3.51. The number of allylic oxidation sites excluding steroid dienone is 6. The van der Waals surface area contributed by atoms with Gasteiger partial charge in [-0.2, -0.15) is 0 Å². The lowest BCUT2D eigenvalue weighted by Crippen LogP contribution is -2.15. The van der Waals surface area contributed by atoms with Gasteiger partial charge >= 0.3 is 5.97 Å². The second kappa shape index (κ2) is 14.2. The van der Waals surface area contributed by atoms with Crippen molar-refractivity contribution < 1.29 is 24.5 Å². The van der Waals surface area contributed by atoms with Crippen LogP contribution in [0.4, 0.5) is 0 Å². The third-order valence-corrected chi connectivity index (χ3v) is 5.47. The molecule has 1 aromatic carbocycles. The standard InChI is InChI=1S/C29H40O5/c1-19(2)11-14-28(32)22(5)10-8-9-20(3)15-27(34-24(7)30)16-21(4)12-13-25-18-26(31)17-23(6)29(25)33/h10-12,15,17-18,27,31,33H,8-9,13-14,16H2,1-7H3. The van der Waals surface area contributed by atoms with Crippen molar-refractivity contribution in [3.05, 3.63) is 69.9 Å². The van der Waals surface area contributed by atoms with Crippen LogP contribution in [0.3, 0.4) is 0 Å². The number of carbonyl (C=O) groups excluding carboxylic acids is 2. The van der Waals surface area contributed by atoms with Gasteiger partial charge in [0.05, 0.1) is 0 Å². The van der Waals surface area contributed by atoms with Crippen LogP contribution >= 0.6 is 0 Å². The lowest BCUT2D eigenvalue weighted by Gasteiger charge is -2.15. The molecule has 0 fully saturated rings. The first-order valence-corrected chi connectivity index (χ1v) is 11.7. The number of phenolic OH excluding ortho intramolecular Hbond substituents is 2. The number of phenols is 2. The van der Waals surface area contributed by atoms with Crippen LogP contribution in [0.5, 0.6) is 11.5 Å². The number of aryl methyl sites for hydroxylation is 1. The van der Waals surface area contributed by atoms with E-state index in [2.05, 4.69) is 0 Å². The number of aromatic hydroxyl groups is 2. The van der Waals surface area contributed by atoms with Crippen LogP contribution in [0.15, 0.2) is 58.7 Å². The largest absolute Gasteiger partial charge is 0.508 e. The van der Waals surface area contributed by atoms with Crippen LogP contribution in [0.1, 0.15) is 78.4 Å². The lowest BCUT2D eigenvalue weighted by molar-refractivity contribution is -0.144. The summed E-state index contributed by atoms with van der Waals surface area (Å²) >= 11 is 0. The summed E-state index contributed by atoms with van der Waals surface area (Å²) in [5, 5.41) is 20.0. The first-order chi connectivity index (χ1) is 15.9. The van der Waals surface area contributed by atoms with E-state index in [1.807, 2.05) is 58.9 Å². The molecule has 0 saturated heterocycles. The molecule has 0 aromatic heterocycles. The van der Waals surface area contributed by atoms with Crippen molar-refractivity contribution in [1.29, 1.82) is 0 Å². The summed E-state index contributed by atoms with van der Waals surface area (Å²) in [6.45, 7) is 12.9. The Morgan fingerprint density at radius 3 is 2.26 bits per heavy atom.